The molecular weight excluding hydrogens is 437 g/mol. The van der Waals surface area contributed by atoms with Crippen LogP contribution in [-0.4, -0.2) is 33.7 Å². The van der Waals surface area contributed by atoms with Gasteiger partial charge in [-0.1, -0.05) is 54.2 Å². The van der Waals surface area contributed by atoms with Crippen molar-refractivity contribution in [1.82, 2.24) is 4.90 Å². The molecule has 1 unspecified atom stereocenters. The first kappa shape index (κ1) is 22.7. The molecule has 0 saturated carbocycles. The van der Waals surface area contributed by atoms with Crippen molar-refractivity contribution < 1.29 is 14.0 Å². The lowest BCUT2D eigenvalue weighted by molar-refractivity contribution is -0.129. The van der Waals surface area contributed by atoms with E-state index in [1.807, 2.05) is 61.5 Å². The maximum Gasteiger partial charge on any atom is 0.238 e. The van der Waals surface area contributed by atoms with Gasteiger partial charge in [-0.05, 0) is 60.9 Å². The average Bonchev–Trinajstić information content (AvgIpc) is 2.80. The smallest absolute Gasteiger partial charge is 0.238 e. The highest BCUT2D eigenvalue weighted by atomic mass is 32.2. The second kappa shape index (κ2) is 10.4. The van der Waals surface area contributed by atoms with Gasteiger partial charge in [0.25, 0.3) is 0 Å². The third-order valence-corrected chi connectivity index (χ3v) is 6.42. The molecule has 0 aliphatic carbocycles. The topological polar surface area (TPSA) is 61.8 Å². The first-order valence-corrected chi connectivity index (χ1v) is 11.6. The number of thioether (sulfide) groups is 1. The maximum absolute atomic E-state index is 13.2. The van der Waals surface area contributed by atoms with Gasteiger partial charge in [-0.15, -0.1) is 0 Å². The Kier molecular flexibility index (Phi) is 7.19. The second-order valence-electron chi connectivity index (χ2n) is 7.82. The molecule has 1 N–H and O–H groups in total. The molecule has 0 radical (unpaired) electrons. The lowest BCUT2D eigenvalue weighted by atomic mass is 10.1. The molecule has 0 spiro atoms. The van der Waals surface area contributed by atoms with Gasteiger partial charge in [0.2, 0.25) is 11.8 Å². The van der Waals surface area contributed by atoms with Gasteiger partial charge in [0.15, 0.2) is 5.17 Å². The molecule has 2 amide bonds. The van der Waals surface area contributed by atoms with Crippen molar-refractivity contribution in [3.05, 3.63) is 95.8 Å². The summed E-state index contributed by atoms with van der Waals surface area (Å²) in [6.07, 6.45) is 0.639. The number of halogens is 1. The zero-order valence-electron chi connectivity index (χ0n) is 18.2. The molecule has 1 aliphatic heterocycles. The number of hydrogen-bond acceptors (Lipinski definition) is 4. The molecule has 5 nitrogen and oxygen atoms in total. The van der Waals surface area contributed by atoms with E-state index in [1.54, 1.807) is 17.0 Å². The summed E-state index contributed by atoms with van der Waals surface area (Å²) in [7, 11) is 0. The Labute approximate surface area is 196 Å². The van der Waals surface area contributed by atoms with Gasteiger partial charge in [0, 0.05) is 18.7 Å². The quantitative estimate of drug-likeness (QED) is 0.539. The number of carbonyl (C=O) groups is 2. The van der Waals surface area contributed by atoms with Gasteiger partial charge in [-0.3, -0.25) is 14.5 Å². The first-order chi connectivity index (χ1) is 16.0. The van der Waals surface area contributed by atoms with Crippen LogP contribution in [0.3, 0.4) is 0 Å². The SMILES string of the molecule is Cc1cccc(NC(=O)C2CC(=O)N(CCc3ccc(F)cc3)C(=Nc3ccccc3)S2)c1. The highest BCUT2D eigenvalue weighted by molar-refractivity contribution is 8.15. The molecule has 168 valence electrons. The summed E-state index contributed by atoms with van der Waals surface area (Å²) in [6, 6.07) is 23.1. The van der Waals surface area contributed by atoms with Gasteiger partial charge < -0.3 is 5.32 Å². The van der Waals surface area contributed by atoms with E-state index >= 15 is 0 Å². The number of anilines is 1. The summed E-state index contributed by atoms with van der Waals surface area (Å²) in [6.45, 7) is 2.35. The van der Waals surface area contributed by atoms with E-state index in [1.165, 1.54) is 23.9 Å². The van der Waals surface area contributed by atoms with Gasteiger partial charge in [0.05, 0.1) is 5.69 Å². The van der Waals surface area contributed by atoms with Crippen molar-refractivity contribution in [3.8, 4) is 0 Å². The van der Waals surface area contributed by atoms with Crippen LogP contribution < -0.4 is 5.32 Å². The highest BCUT2D eigenvalue weighted by Gasteiger charge is 2.35. The van der Waals surface area contributed by atoms with Crippen LogP contribution in [0.1, 0.15) is 17.5 Å². The molecule has 3 aromatic carbocycles. The van der Waals surface area contributed by atoms with Crippen molar-refractivity contribution in [2.24, 2.45) is 4.99 Å². The van der Waals surface area contributed by atoms with E-state index in [9.17, 15) is 14.0 Å². The van der Waals surface area contributed by atoms with E-state index in [2.05, 4.69) is 10.3 Å². The molecule has 0 bridgehead atoms. The van der Waals surface area contributed by atoms with E-state index in [0.717, 1.165) is 11.1 Å². The van der Waals surface area contributed by atoms with E-state index < -0.39 is 5.25 Å². The number of hydrogen-bond donors (Lipinski definition) is 1. The number of rotatable bonds is 6. The Bertz CT molecular complexity index is 1170. The summed E-state index contributed by atoms with van der Waals surface area (Å²) >= 11 is 1.29. The standard InChI is InChI=1S/C26H24FN3O2S/c1-18-6-5-9-22(16-18)28-25(32)23-17-24(31)30(15-14-19-10-12-20(27)13-11-19)26(33-23)29-21-7-3-2-4-8-21/h2-13,16,23H,14-15,17H2,1H3,(H,28,32). The monoisotopic (exact) mass is 461 g/mol. The van der Waals surface area contributed by atoms with Crippen LogP contribution in [-0.2, 0) is 16.0 Å². The first-order valence-electron chi connectivity index (χ1n) is 10.7. The Balaban J connectivity index is 1.53. The normalized spacial score (nSPS) is 17.3. The fourth-order valence-corrected chi connectivity index (χ4v) is 4.64. The fourth-order valence-electron chi connectivity index (χ4n) is 3.51. The highest BCUT2D eigenvalue weighted by Crippen LogP contribution is 2.30. The molecule has 1 heterocycles. The molecule has 3 aromatic rings. The van der Waals surface area contributed by atoms with E-state index in [-0.39, 0.29) is 24.1 Å². The summed E-state index contributed by atoms with van der Waals surface area (Å²) in [5.74, 6) is -0.676. The second-order valence-corrected chi connectivity index (χ2v) is 8.99. The lowest BCUT2D eigenvalue weighted by Gasteiger charge is -2.32. The van der Waals surface area contributed by atoms with E-state index in [4.69, 9.17) is 0 Å². The number of aliphatic imine (C=N–C) groups is 1. The van der Waals surface area contributed by atoms with Crippen LogP contribution in [0, 0.1) is 12.7 Å². The largest absolute Gasteiger partial charge is 0.325 e. The molecule has 1 atom stereocenters. The lowest BCUT2D eigenvalue weighted by Crippen LogP contribution is -2.46. The van der Waals surface area contributed by atoms with Gasteiger partial charge in [0.1, 0.15) is 11.1 Å². The Morgan fingerprint density at radius 3 is 2.58 bits per heavy atom. The molecule has 7 heteroatoms. The van der Waals surface area contributed by atoms with Crippen LogP contribution in [0.2, 0.25) is 0 Å². The maximum atomic E-state index is 13.2. The Morgan fingerprint density at radius 2 is 1.85 bits per heavy atom. The van der Waals surface area contributed by atoms with Gasteiger partial charge >= 0.3 is 0 Å². The van der Waals surface area contributed by atoms with Crippen LogP contribution in [0.25, 0.3) is 0 Å². The molecular formula is C26H24FN3O2S. The Morgan fingerprint density at radius 1 is 1.09 bits per heavy atom. The predicted octanol–water partition coefficient (Wildman–Crippen LogP) is 5.34. The van der Waals surface area contributed by atoms with Crippen molar-refractivity contribution in [1.29, 1.82) is 0 Å². The van der Waals surface area contributed by atoms with Gasteiger partial charge in [-0.25, -0.2) is 9.38 Å². The predicted molar refractivity (Wildman–Crippen MR) is 131 cm³/mol. The molecule has 0 aromatic heterocycles. The van der Waals surface area contributed by atoms with Crippen LogP contribution in [0.5, 0.6) is 0 Å². The van der Waals surface area contributed by atoms with Crippen LogP contribution >= 0.6 is 11.8 Å². The number of amidine groups is 1. The van der Waals surface area contributed by atoms with Crippen LogP contribution in [0.4, 0.5) is 15.8 Å². The van der Waals surface area contributed by atoms with Gasteiger partial charge in [-0.2, -0.15) is 0 Å². The summed E-state index contributed by atoms with van der Waals surface area (Å²) in [5, 5.41) is 2.82. The minimum absolute atomic E-state index is 0.0829. The van der Waals surface area contributed by atoms with Crippen LogP contribution in [0.15, 0.2) is 83.9 Å². The third-order valence-electron chi connectivity index (χ3n) is 5.24. The van der Waals surface area contributed by atoms with Crippen molar-refractivity contribution >= 4 is 40.1 Å². The average molecular weight is 462 g/mol. The Hall–Kier alpha value is -3.45. The summed E-state index contributed by atoms with van der Waals surface area (Å²) in [4.78, 5) is 32.3. The summed E-state index contributed by atoms with van der Waals surface area (Å²) < 4.78 is 13.2. The fraction of sp³-hybridized carbons (Fsp3) is 0.192. The molecule has 1 saturated heterocycles. The number of aryl methyl sites for hydroxylation is 1. The molecule has 33 heavy (non-hydrogen) atoms. The zero-order valence-corrected chi connectivity index (χ0v) is 19.0. The minimum atomic E-state index is -0.581. The van der Waals surface area contributed by atoms with E-state index in [0.29, 0.717) is 29.5 Å². The number of nitrogens with zero attached hydrogens (tertiary/aromatic N) is 2. The third kappa shape index (κ3) is 6.08. The number of nitrogens with one attached hydrogen (secondary N) is 1. The van der Waals surface area contributed by atoms with Crippen molar-refractivity contribution in [2.45, 2.75) is 25.0 Å². The molecule has 1 aliphatic rings. The number of para-hydroxylation sites is 1. The number of carbonyl (C=O) groups excluding carboxylic acids is 2. The number of benzene rings is 3. The molecule has 4 rings (SSSR count). The van der Waals surface area contributed by atoms with Crippen molar-refractivity contribution in [3.63, 3.8) is 0 Å². The zero-order chi connectivity index (χ0) is 23.2. The molecule has 1 fully saturated rings. The number of amides is 2. The minimum Gasteiger partial charge on any atom is -0.325 e. The summed E-state index contributed by atoms with van der Waals surface area (Å²) in [5.41, 5.74) is 3.37. The van der Waals surface area contributed by atoms with Crippen molar-refractivity contribution in [2.75, 3.05) is 11.9 Å².